The SMILES string of the molecule is C1=CC2(C=CCO2)CCC1.C1=CC2(CCCC2)COC1.C1=CCOCCC1.C1=C[C@@H]2CC2COC1.C=CC1(C)C=CCOC1.CC1=CCOCC=C1.CC1C=CCN(C(=O)C(=O)N(C)C)CC1.CC1C=CCN(C(=O)CN(C)C)CC1.CC1C=CCN(C(=O)OC(C)(C)C)CC1.C[C@H]1C=CCNCC1.OC1CCCC12C=CCO2. The van der Waals surface area contributed by atoms with E-state index in [4.69, 9.17) is 37.9 Å². The molecule has 2 N–H and O–H groups in total. The summed E-state index contributed by atoms with van der Waals surface area (Å²) < 4.78 is 42.5. The van der Waals surface area contributed by atoms with Crippen molar-refractivity contribution in [3.8, 4) is 0 Å². The fraction of sp³-hybridized carbons (Fsp3) is 0.663. The standard InChI is InChI=1S/C12H21NO2.C11H18N2O2.C11H20N2O.C9H14O.C9H12O.C8H12O2.C8H12O.C7H13N.2C7H10O.C6H10O/c1-10-6-5-8-13(9-7-10)11(14)15-12(2,3)4;1-9-5-4-7-13(8-6-9)11(15)10(14)12(2)3;1-10-5-4-7-13(8-6-10)11(14)9-12(2)3;1-2-5-9(4-1)6-3-7-10-8-9;1-2-5-9(6-3-1)7-4-8-10-9;9-7-3-1-4-8(7)5-2-6-10-8;1-3-8(2)5-4-6-9-7-8;1-7-3-2-5-8-6-4-7;1-2-6-4-7(6)5-8-3-1;1-7-3-2-5-8-6-4-7;1-2-4-6-7-5-3-1/h5-6,10H,7-9H2,1-4H3;4-5,9H,6-8H2,1-3H3;4-5,10H,6-9H2,1-3H3;3,6H,1-2,4-5,7-8H2;2,4-5,7H,1,3,6,8H2;2,5,7,9H,1,3-4,6H2;3-5H,1,6-7H2,2H3;2-3,7-8H,4-6H2,1H3;1-2,6-7H,3-5H2;2-4H,5-6H2,1H3;1,3H,2,4-6H2/t;;;;;;;7-;6-,7?;;/m.......01../s1. The summed E-state index contributed by atoms with van der Waals surface area (Å²) in [6.07, 6.45) is 75.0. The third kappa shape index (κ3) is 41.2. The number of allylic oxidation sites excluding steroid dienone is 9. The molecule has 3 spiro atoms. The van der Waals surface area contributed by atoms with Crippen molar-refractivity contribution < 1.29 is 62.2 Å². The molecule has 4 aliphatic carbocycles. The minimum atomic E-state index is -0.446. The molecule has 4 amide bonds. The number of aliphatic hydroxyl groups excluding tert-OH is 1. The molecule has 3 fully saturated rings. The van der Waals surface area contributed by atoms with Gasteiger partial charge in [-0.2, -0.15) is 0 Å². The van der Waals surface area contributed by atoms with E-state index in [1.54, 1.807) is 23.9 Å². The van der Waals surface area contributed by atoms with E-state index >= 15 is 0 Å². The highest BCUT2D eigenvalue weighted by molar-refractivity contribution is 6.34. The van der Waals surface area contributed by atoms with E-state index in [1.807, 2.05) is 87.2 Å². The lowest BCUT2D eigenvalue weighted by Crippen LogP contribution is -2.42. The van der Waals surface area contributed by atoms with Gasteiger partial charge in [-0.25, -0.2) is 4.79 Å². The van der Waals surface area contributed by atoms with Crippen LogP contribution in [0.4, 0.5) is 4.79 Å². The number of carbonyl (C=O) groups is 4. The summed E-state index contributed by atoms with van der Waals surface area (Å²) in [7, 11) is 7.04. The Bertz CT molecular complexity index is 3180. The number of nitrogens with zero attached hydrogens (tertiary/aromatic N) is 5. The molecular formula is C95H152N6O13. The molecule has 114 heavy (non-hydrogen) atoms. The predicted octanol–water partition coefficient (Wildman–Crippen LogP) is 16.4. The van der Waals surface area contributed by atoms with Crippen LogP contribution in [0.5, 0.6) is 0 Å². The number of rotatable bonds is 3. The van der Waals surface area contributed by atoms with Crippen LogP contribution < -0.4 is 5.32 Å². The van der Waals surface area contributed by atoms with Crippen LogP contribution in [-0.4, -0.2) is 243 Å². The maximum atomic E-state index is 11.7. The fourth-order valence-electron chi connectivity index (χ4n) is 14.3. The molecule has 15 rings (SSSR count). The Hall–Kier alpha value is -6.36. The van der Waals surface area contributed by atoms with Crippen molar-refractivity contribution in [3.63, 3.8) is 0 Å². The first-order chi connectivity index (χ1) is 54.7. The topological polar surface area (TPSA) is 191 Å². The summed E-state index contributed by atoms with van der Waals surface area (Å²) in [5.74, 6) is 3.57. The normalized spacial score (nSPS) is 28.9. The van der Waals surface area contributed by atoms with Gasteiger partial charge in [0.25, 0.3) is 0 Å². The molecule has 15 aliphatic rings. The van der Waals surface area contributed by atoms with Crippen molar-refractivity contribution >= 4 is 23.8 Å². The van der Waals surface area contributed by atoms with Gasteiger partial charge in [-0.3, -0.25) is 14.4 Å². The van der Waals surface area contributed by atoms with E-state index in [2.05, 4.69) is 169 Å². The smallest absolute Gasteiger partial charge is 0.410 e. The average Bonchev–Trinajstić information content (AvgIpc) is 1.66. The molecule has 0 aromatic heterocycles. The van der Waals surface area contributed by atoms with E-state index in [0.717, 1.165) is 155 Å². The number of nitrogens with one attached hydrogen (secondary N) is 1. The van der Waals surface area contributed by atoms with Crippen LogP contribution >= 0.6 is 0 Å². The maximum Gasteiger partial charge on any atom is 0.410 e. The van der Waals surface area contributed by atoms with Crippen LogP contribution in [0.25, 0.3) is 0 Å². The Morgan fingerprint density at radius 1 is 0.588 bits per heavy atom. The molecule has 10 atom stereocenters. The van der Waals surface area contributed by atoms with Crippen LogP contribution in [0, 0.1) is 46.3 Å². The number of hydrogen-bond donors (Lipinski definition) is 2. The predicted molar refractivity (Wildman–Crippen MR) is 465 cm³/mol. The molecule has 11 heterocycles. The van der Waals surface area contributed by atoms with Gasteiger partial charge in [-0.1, -0.05) is 211 Å². The lowest BCUT2D eigenvalue weighted by atomic mass is 9.86. The Labute approximate surface area is 689 Å². The zero-order valence-electron chi connectivity index (χ0n) is 72.7. The zero-order chi connectivity index (χ0) is 82.9. The van der Waals surface area contributed by atoms with Crippen molar-refractivity contribution in [3.05, 3.63) is 170 Å². The number of likely N-dealkylation sites (N-methyl/N-ethyl adjacent to an activating group) is 2. The summed E-state index contributed by atoms with van der Waals surface area (Å²) in [4.78, 5) is 55.1. The van der Waals surface area contributed by atoms with Gasteiger partial charge in [0.15, 0.2) is 0 Å². The van der Waals surface area contributed by atoms with E-state index in [0.29, 0.717) is 56.0 Å². The highest BCUT2D eigenvalue weighted by Gasteiger charge is 2.43. The first-order valence-corrected chi connectivity index (χ1v) is 43.0. The summed E-state index contributed by atoms with van der Waals surface area (Å²) in [5.41, 5.74) is 1.18. The largest absolute Gasteiger partial charge is 0.444 e. The van der Waals surface area contributed by atoms with Gasteiger partial charge in [0.05, 0.1) is 85.3 Å². The maximum absolute atomic E-state index is 11.7. The van der Waals surface area contributed by atoms with Crippen LogP contribution in [0.1, 0.15) is 171 Å². The number of fused-ring (bicyclic) bond motifs is 1. The number of hydrogen-bond acceptors (Lipinski definition) is 15. The van der Waals surface area contributed by atoms with Gasteiger partial charge in [-0.05, 0) is 180 Å². The fourth-order valence-corrected chi connectivity index (χ4v) is 14.3. The van der Waals surface area contributed by atoms with Crippen LogP contribution in [0.15, 0.2) is 170 Å². The molecular weight excluding hydrogens is 1430 g/mol. The third-order valence-corrected chi connectivity index (χ3v) is 21.7. The Balaban J connectivity index is 0.000000226. The van der Waals surface area contributed by atoms with Gasteiger partial charge >= 0.3 is 17.9 Å². The first kappa shape index (κ1) is 98.2. The monoisotopic (exact) mass is 1590 g/mol. The molecule has 0 aromatic carbocycles. The Kier molecular flexibility index (Phi) is 47.0. The van der Waals surface area contributed by atoms with E-state index in [9.17, 15) is 24.3 Å². The van der Waals surface area contributed by atoms with E-state index < -0.39 is 17.4 Å². The number of ether oxygens (including phenoxy) is 8. The van der Waals surface area contributed by atoms with Gasteiger partial charge in [0.2, 0.25) is 5.91 Å². The summed E-state index contributed by atoms with van der Waals surface area (Å²) in [5, 5.41) is 12.8. The second kappa shape index (κ2) is 54.6. The second-order valence-electron chi connectivity index (χ2n) is 34.3. The molecule has 11 aliphatic heterocycles. The van der Waals surface area contributed by atoms with Crippen LogP contribution in [0.3, 0.4) is 0 Å². The Morgan fingerprint density at radius 2 is 1.18 bits per heavy atom. The second-order valence-corrected chi connectivity index (χ2v) is 34.3. The van der Waals surface area contributed by atoms with Crippen LogP contribution in [-0.2, 0) is 52.3 Å². The molecule has 8 unspecified atom stereocenters. The third-order valence-electron chi connectivity index (χ3n) is 21.7. The quantitative estimate of drug-likeness (QED) is 0.200. The van der Waals surface area contributed by atoms with E-state index in [-0.39, 0.29) is 34.7 Å². The van der Waals surface area contributed by atoms with Gasteiger partial charge in [-0.15, -0.1) is 6.58 Å². The van der Waals surface area contributed by atoms with Crippen molar-refractivity contribution in [2.24, 2.45) is 46.3 Å². The minimum absolute atomic E-state index is 0.0122. The summed E-state index contributed by atoms with van der Waals surface area (Å²) in [6.45, 7) is 39.3. The highest BCUT2D eigenvalue weighted by atomic mass is 16.6. The van der Waals surface area contributed by atoms with Crippen molar-refractivity contribution in [2.45, 2.75) is 194 Å². The summed E-state index contributed by atoms with van der Waals surface area (Å²) in [6, 6.07) is 0. The molecule has 19 nitrogen and oxygen atoms in total. The highest BCUT2D eigenvalue weighted by Crippen LogP contribution is 2.42. The van der Waals surface area contributed by atoms with Crippen molar-refractivity contribution in [1.82, 2.24) is 29.8 Å². The molecule has 19 heteroatoms. The zero-order valence-corrected chi connectivity index (χ0v) is 72.7. The first-order valence-electron chi connectivity index (χ1n) is 43.0. The molecule has 0 bridgehead atoms. The number of amides is 4. The average molecular weight is 1590 g/mol. The molecule has 640 valence electrons. The van der Waals surface area contributed by atoms with Crippen LogP contribution in [0.2, 0.25) is 0 Å². The molecule has 0 saturated heterocycles. The van der Waals surface area contributed by atoms with Crippen molar-refractivity contribution in [2.75, 3.05) is 166 Å². The summed E-state index contributed by atoms with van der Waals surface area (Å²) >= 11 is 0. The van der Waals surface area contributed by atoms with Crippen molar-refractivity contribution in [1.29, 1.82) is 0 Å². The minimum Gasteiger partial charge on any atom is -0.444 e. The molecule has 0 aromatic rings. The lowest BCUT2D eigenvalue weighted by Gasteiger charge is -2.27. The van der Waals surface area contributed by atoms with E-state index in [1.165, 1.54) is 87.6 Å². The van der Waals surface area contributed by atoms with Gasteiger partial charge < -0.3 is 72.8 Å². The van der Waals surface area contributed by atoms with Gasteiger partial charge in [0.1, 0.15) is 16.8 Å². The molecule has 0 radical (unpaired) electrons. The van der Waals surface area contributed by atoms with Gasteiger partial charge in [0, 0.05) is 77.3 Å². The molecule has 3 saturated carbocycles. The number of carbonyl (C=O) groups excluding carboxylic acids is 4. The number of aliphatic hydroxyl groups is 1. The Morgan fingerprint density at radius 3 is 1.77 bits per heavy atom. The lowest BCUT2D eigenvalue weighted by molar-refractivity contribution is -0.150.